The second-order valence-electron chi connectivity index (χ2n) is 6.73. The topological polar surface area (TPSA) is 120 Å². The summed E-state index contributed by atoms with van der Waals surface area (Å²) in [4.78, 5) is 37.4. The lowest BCUT2D eigenvalue weighted by molar-refractivity contribution is -0.120. The molecule has 2 aromatic carbocycles. The van der Waals surface area contributed by atoms with E-state index in [1.807, 2.05) is 0 Å². The maximum absolute atomic E-state index is 12.8. The van der Waals surface area contributed by atoms with E-state index in [0.717, 1.165) is 6.42 Å². The smallest absolute Gasteiger partial charge is 0.255 e. The van der Waals surface area contributed by atoms with E-state index in [2.05, 4.69) is 5.32 Å². The zero-order chi connectivity index (χ0) is 22.5. The number of benzene rings is 2. The summed E-state index contributed by atoms with van der Waals surface area (Å²) < 4.78 is 15.9. The average Bonchev–Trinajstić information content (AvgIpc) is 3.17. The van der Waals surface area contributed by atoms with E-state index in [1.54, 1.807) is 23.1 Å². The molecule has 31 heavy (non-hydrogen) atoms. The van der Waals surface area contributed by atoms with Crippen LogP contribution in [0.25, 0.3) is 0 Å². The predicted octanol–water partition coefficient (Wildman–Crippen LogP) is 2.60. The van der Waals surface area contributed by atoms with E-state index < -0.39 is 11.8 Å². The van der Waals surface area contributed by atoms with Gasteiger partial charge in [0.2, 0.25) is 5.91 Å². The molecule has 0 aromatic heterocycles. The van der Waals surface area contributed by atoms with Crippen LogP contribution in [0.1, 0.15) is 23.2 Å². The van der Waals surface area contributed by atoms with Crippen LogP contribution in [0.5, 0.6) is 17.2 Å². The Hall–Kier alpha value is -3.46. The third-order valence-electron chi connectivity index (χ3n) is 4.65. The van der Waals surface area contributed by atoms with Crippen molar-refractivity contribution in [2.24, 2.45) is 5.73 Å². The number of nitrogens with zero attached hydrogens (tertiary/aromatic N) is 1. The highest BCUT2D eigenvalue weighted by atomic mass is 35.5. The summed E-state index contributed by atoms with van der Waals surface area (Å²) in [7, 11) is 2.88. The van der Waals surface area contributed by atoms with Crippen LogP contribution in [-0.4, -0.2) is 45.1 Å². The first kappa shape index (κ1) is 22.2. The quantitative estimate of drug-likeness (QED) is 0.641. The van der Waals surface area contributed by atoms with E-state index in [4.69, 9.17) is 31.5 Å². The molecule has 1 aliphatic rings. The van der Waals surface area contributed by atoms with Gasteiger partial charge in [0.15, 0.2) is 18.1 Å². The molecular formula is C21H22ClN3O6. The van der Waals surface area contributed by atoms with E-state index in [1.165, 1.54) is 26.4 Å². The third kappa shape index (κ3) is 5.00. The second kappa shape index (κ2) is 9.57. The van der Waals surface area contributed by atoms with Crippen molar-refractivity contribution < 1.29 is 28.6 Å². The number of amides is 3. The van der Waals surface area contributed by atoms with Gasteiger partial charge in [-0.15, -0.1) is 0 Å². The highest BCUT2D eigenvalue weighted by Gasteiger charge is 2.25. The molecule has 3 N–H and O–H groups in total. The van der Waals surface area contributed by atoms with Crippen molar-refractivity contribution in [3.8, 4) is 17.2 Å². The number of methoxy groups -OCH3 is 2. The minimum Gasteiger partial charge on any atom is -0.494 e. The van der Waals surface area contributed by atoms with Gasteiger partial charge in [-0.1, -0.05) is 11.6 Å². The highest BCUT2D eigenvalue weighted by molar-refractivity contribution is 6.32. The Balaban J connectivity index is 1.81. The number of rotatable bonds is 8. The zero-order valence-electron chi connectivity index (χ0n) is 17.1. The number of nitrogens with one attached hydrogen (secondary N) is 1. The Kier molecular flexibility index (Phi) is 6.86. The summed E-state index contributed by atoms with van der Waals surface area (Å²) in [6, 6.07) is 7.88. The van der Waals surface area contributed by atoms with Gasteiger partial charge in [-0.05, 0) is 30.7 Å². The lowest BCUT2D eigenvalue weighted by atomic mass is 10.1. The van der Waals surface area contributed by atoms with Crippen molar-refractivity contribution in [2.45, 2.75) is 12.8 Å². The molecule has 9 nitrogen and oxygen atoms in total. The number of hydrogen-bond donors (Lipinski definition) is 2. The Morgan fingerprint density at radius 2 is 1.90 bits per heavy atom. The van der Waals surface area contributed by atoms with Crippen molar-refractivity contribution in [3.05, 3.63) is 40.9 Å². The molecule has 1 fully saturated rings. The second-order valence-corrected chi connectivity index (χ2v) is 7.14. The number of primary amides is 1. The summed E-state index contributed by atoms with van der Waals surface area (Å²) >= 11 is 6.20. The molecule has 0 aliphatic carbocycles. The van der Waals surface area contributed by atoms with Crippen molar-refractivity contribution in [1.82, 2.24) is 0 Å². The van der Waals surface area contributed by atoms with Gasteiger partial charge in [0.05, 0.1) is 24.9 Å². The maximum atomic E-state index is 12.8. The first-order chi connectivity index (χ1) is 14.8. The maximum Gasteiger partial charge on any atom is 0.255 e. The molecule has 1 aliphatic heterocycles. The largest absolute Gasteiger partial charge is 0.494 e. The molecule has 10 heteroatoms. The zero-order valence-corrected chi connectivity index (χ0v) is 17.8. The van der Waals surface area contributed by atoms with E-state index in [-0.39, 0.29) is 34.6 Å². The van der Waals surface area contributed by atoms with Gasteiger partial charge in [-0.3, -0.25) is 14.4 Å². The predicted molar refractivity (Wildman–Crippen MR) is 115 cm³/mol. The number of hydrogen-bond acceptors (Lipinski definition) is 6. The summed E-state index contributed by atoms with van der Waals surface area (Å²) in [5, 5.41) is 2.85. The SMILES string of the molecule is COc1cc(NC(=O)c2cc(Cl)c(OCC(N)=O)c(OC)c2)ccc1N1CCCC1=O. The Morgan fingerprint density at radius 3 is 2.52 bits per heavy atom. The molecule has 0 spiro atoms. The van der Waals surface area contributed by atoms with Gasteiger partial charge < -0.3 is 30.2 Å². The molecule has 3 amide bonds. The van der Waals surface area contributed by atoms with Gasteiger partial charge in [0.25, 0.3) is 11.8 Å². The molecule has 164 valence electrons. The molecule has 1 heterocycles. The molecule has 0 unspecified atom stereocenters. The summed E-state index contributed by atoms with van der Waals surface area (Å²) in [5.41, 5.74) is 6.43. The minimum absolute atomic E-state index is 0.0375. The van der Waals surface area contributed by atoms with Gasteiger partial charge in [-0.25, -0.2) is 0 Å². The van der Waals surface area contributed by atoms with E-state index in [0.29, 0.717) is 30.1 Å². The molecule has 0 radical (unpaired) electrons. The molecule has 2 aromatic rings. The molecule has 0 bridgehead atoms. The Bertz CT molecular complexity index is 1030. The molecule has 0 atom stereocenters. The fourth-order valence-corrected chi connectivity index (χ4v) is 3.48. The number of ether oxygens (including phenoxy) is 3. The summed E-state index contributed by atoms with van der Waals surface area (Å²) in [6.45, 7) is 0.247. The Labute approximate surface area is 184 Å². The van der Waals surface area contributed by atoms with Crippen molar-refractivity contribution in [2.75, 3.05) is 37.6 Å². The van der Waals surface area contributed by atoms with E-state index in [9.17, 15) is 14.4 Å². The monoisotopic (exact) mass is 447 g/mol. The lowest BCUT2D eigenvalue weighted by Crippen LogP contribution is -2.24. The van der Waals surface area contributed by atoms with Crippen LogP contribution < -0.4 is 30.2 Å². The van der Waals surface area contributed by atoms with Crippen LogP contribution in [0.4, 0.5) is 11.4 Å². The average molecular weight is 448 g/mol. The highest BCUT2D eigenvalue weighted by Crippen LogP contribution is 2.37. The Morgan fingerprint density at radius 1 is 1.16 bits per heavy atom. The first-order valence-electron chi connectivity index (χ1n) is 9.42. The fourth-order valence-electron chi connectivity index (χ4n) is 3.22. The van der Waals surface area contributed by atoms with Crippen LogP contribution in [0.2, 0.25) is 5.02 Å². The number of carbonyl (C=O) groups is 3. The van der Waals surface area contributed by atoms with Crippen LogP contribution in [0.15, 0.2) is 30.3 Å². The van der Waals surface area contributed by atoms with Crippen LogP contribution in [0, 0.1) is 0 Å². The number of halogens is 1. The van der Waals surface area contributed by atoms with E-state index >= 15 is 0 Å². The number of anilines is 2. The van der Waals surface area contributed by atoms with Crippen molar-refractivity contribution in [3.63, 3.8) is 0 Å². The molecule has 3 rings (SSSR count). The van der Waals surface area contributed by atoms with Crippen molar-refractivity contribution in [1.29, 1.82) is 0 Å². The van der Waals surface area contributed by atoms with Gasteiger partial charge in [0, 0.05) is 30.3 Å². The van der Waals surface area contributed by atoms with Crippen molar-refractivity contribution >= 4 is 40.7 Å². The molecular weight excluding hydrogens is 426 g/mol. The number of carbonyl (C=O) groups excluding carboxylic acids is 3. The normalized spacial score (nSPS) is 13.1. The summed E-state index contributed by atoms with van der Waals surface area (Å²) in [5.74, 6) is -0.323. The van der Waals surface area contributed by atoms with Gasteiger partial charge >= 0.3 is 0 Å². The summed E-state index contributed by atoms with van der Waals surface area (Å²) in [6.07, 6.45) is 1.30. The molecule has 0 saturated carbocycles. The van der Waals surface area contributed by atoms with Crippen LogP contribution >= 0.6 is 11.6 Å². The number of nitrogens with two attached hydrogens (primary N) is 1. The first-order valence-corrected chi connectivity index (χ1v) is 9.80. The standard InChI is InChI=1S/C21H22ClN3O6/c1-29-16-10-13(5-6-15(16)25-7-3-4-19(25)27)24-21(28)12-8-14(22)20(17(9-12)30-2)31-11-18(23)26/h5-6,8-10H,3-4,7,11H2,1-2H3,(H2,23,26)(H,24,28). The van der Waals surface area contributed by atoms with Crippen LogP contribution in [0.3, 0.4) is 0 Å². The van der Waals surface area contributed by atoms with Crippen LogP contribution in [-0.2, 0) is 9.59 Å². The fraction of sp³-hybridized carbons (Fsp3) is 0.286. The third-order valence-corrected chi connectivity index (χ3v) is 4.93. The molecule has 1 saturated heterocycles. The lowest BCUT2D eigenvalue weighted by Gasteiger charge is -2.20. The van der Waals surface area contributed by atoms with Gasteiger partial charge in [0.1, 0.15) is 5.75 Å². The minimum atomic E-state index is -0.673. The van der Waals surface area contributed by atoms with Gasteiger partial charge in [-0.2, -0.15) is 0 Å².